The molecule has 1 rings (SSSR count). The van der Waals surface area contributed by atoms with Crippen LogP contribution in [0, 0.1) is 12.3 Å². The highest BCUT2D eigenvalue weighted by atomic mass is 16.6. The van der Waals surface area contributed by atoms with Crippen LogP contribution in [0.1, 0.15) is 13.3 Å². The Kier molecular flexibility index (Phi) is 4.99. The smallest absolute Gasteiger partial charge is 0.409 e. The van der Waals surface area contributed by atoms with Gasteiger partial charge in [0.15, 0.2) is 0 Å². The van der Waals surface area contributed by atoms with Crippen molar-refractivity contribution in [2.45, 2.75) is 13.3 Å². The second-order valence-corrected chi connectivity index (χ2v) is 3.58. The molecule has 0 atom stereocenters. The standard InChI is InChI=1S/C11H18N2O2/c1-3-5-12-6-8-13(9-7-12)11(14)15-10-4-2/h1H,4-10H2,2H3. The molecule has 0 bridgehead atoms. The lowest BCUT2D eigenvalue weighted by molar-refractivity contribution is 0.0794. The van der Waals surface area contributed by atoms with Gasteiger partial charge in [-0.1, -0.05) is 12.8 Å². The summed E-state index contributed by atoms with van der Waals surface area (Å²) in [7, 11) is 0. The number of terminal acetylenes is 1. The van der Waals surface area contributed by atoms with Gasteiger partial charge in [0, 0.05) is 26.2 Å². The fraction of sp³-hybridized carbons (Fsp3) is 0.727. The lowest BCUT2D eigenvalue weighted by atomic mass is 10.3. The number of nitrogens with zero attached hydrogens (tertiary/aromatic N) is 2. The molecule has 0 N–H and O–H groups in total. The van der Waals surface area contributed by atoms with Gasteiger partial charge in [-0.3, -0.25) is 4.90 Å². The zero-order valence-corrected chi connectivity index (χ0v) is 9.24. The van der Waals surface area contributed by atoms with Crippen molar-refractivity contribution in [3.8, 4) is 12.3 Å². The molecule has 1 saturated heterocycles. The molecule has 15 heavy (non-hydrogen) atoms. The van der Waals surface area contributed by atoms with Crippen molar-refractivity contribution in [3.05, 3.63) is 0 Å². The number of amides is 1. The second kappa shape index (κ2) is 6.31. The molecule has 0 aromatic rings. The maximum Gasteiger partial charge on any atom is 0.409 e. The van der Waals surface area contributed by atoms with E-state index in [0.717, 1.165) is 19.5 Å². The van der Waals surface area contributed by atoms with Gasteiger partial charge in [0.2, 0.25) is 0 Å². The highest BCUT2D eigenvalue weighted by molar-refractivity contribution is 5.67. The van der Waals surface area contributed by atoms with Gasteiger partial charge in [0.25, 0.3) is 0 Å². The molecule has 1 aliphatic rings. The van der Waals surface area contributed by atoms with E-state index < -0.39 is 0 Å². The van der Waals surface area contributed by atoms with Gasteiger partial charge in [-0.2, -0.15) is 0 Å². The summed E-state index contributed by atoms with van der Waals surface area (Å²) in [5, 5.41) is 0. The Balaban J connectivity index is 2.25. The fourth-order valence-corrected chi connectivity index (χ4v) is 1.50. The maximum absolute atomic E-state index is 11.5. The number of carbonyl (C=O) groups excluding carboxylic acids is 1. The zero-order valence-electron chi connectivity index (χ0n) is 9.24. The second-order valence-electron chi connectivity index (χ2n) is 3.58. The minimum Gasteiger partial charge on any atom is -0.449 e. The van der Waals surface area contributed by atoms with Crippen molar-refractivity contribution in [1.82, 2.24) is 9.80 Å². The van der Waals surface area contributed by atoms with Crippen molar-refractivity contribution in [3.63, 3.8) is 0 Å². The Bertz CT molecular complexity index is 239. The van der Waals surface area contributed by atoms with Gasteiger partial charge in [0.05, 0.1) is 13.2 Å². The summed E-state index contributed by atoms with van der Waals surface area (Å²) in [6.07, 6.45) is 5.89. The third-order valence-corrected chi connectivity index (χ3v) is 2.38. The molecule has 0 aromatic heterocycles. The topological polar surface area (TPSA) is 32.8 Å². The van der Waals surface area contributed by atoms with E-state index in [1.807, 2.05) is 6.92 Å². The van der Waals surface area contributed by atoms with Crippen molar-refractivity contribution in [1.29, 1.82) is 0 Å². The Morgan fingerprint density at radius 1 is 1.40 bits per heavy atom. The van der Waals surface area contributed by atoms with E-state index in [4.69, 9.17) is 11.2 Å². The predicted octanol–water partition coefficient (Wildman–Crippen LogP) is 0.784. The normalized spacial score (nSPS) is 17.2. The van der Waals surface area contributed by atoms with Crippen LogP contribution in [0.4, 0.5) is 4.79 Å². The van der Waals surface area contributed by atoms with Crippen LogP contribution in [0.15, 0.2) is 0 Å². The number of hydrogen-bond acceptors (Lipinski definition) is 3. The van der Waals surface area contributed by atoms with E-state index in [9.17, 15) is 4.79 Å². The average molecular weight is 210 g/mol. The highest BCUT2D eigenvalue weighted by Crippen LogP contribution is 2.03. The molecule has 1 aliphatic heterocycles. The molecule has 0 unspecified atom stereocenters. The quantitative estimate of drug-likeness (QED) is 0.645. The first-order valence-electron chi connectivity index (χ1n) is 5.35. The first-order valence-corrected chi connectivity index (χ1v) is 5.35. The Morgan fingerprint density at radius 2 is 2.07 bits per heavy atom. The average Bonchev–Trinajstić information content (AvgIpc) is 2.27. The molecule has 1 heterocycles. The number of piperazine rings is 1. The van der Waals surface area contributed by atoms with Crippen LogP contribution in [0.3, 0.4) is 0 Å². The van der Waals surface area contributed by atoms with E-state index in [-0.39, 0.29) is 6.09 Å². The minimum atomic E-state index is -0.197. The predicted molar refractivity (Wildman–Crippen MR) is 58.5 cm³/mol. The van der Waals surface area contributed by atoms with Gasteiger partial charge in [-0.25, -0.2) is 4.79 Å². The lowest BCUT2D eigenvalue weighted by Gasteiger charge is -2.32. The zero-order chi connectivity index (χ0) is 11.1. The van der Waals surface area contributed by atoms with E-state index in [1.54, 1.807) is 4.90 Å². The van der Waals surface area contributed by atoms with Gasteiger partial charge in [-0.15, -0.1) is 6.42 Å². The maximum atomic E-state index is 11.5. The highest BCUT2D eigenvalue weighted by Gasteiger charge is 2.20. The Labute approximate surface area is 91.2 Å². The first kappa shape index (κ1) is 11.9. The molecular formula is C11H18N2O2. The van der Waals surface area contributed by atoms with E-state index in [1.165, 1.54) is 0 Å². The third kappa shape index (κ3) is 3.80. The van der Waals surface area contributed by atoms with Crippen molar-refractivity contribution in [2.24, 2.45) is 0 Å². The van der Waals surface area contributed by atoms with Crippen molar-refractivity contribution >= 4 is 6.09 Å². The summed E-state index contributed by atoms with van der Waals surface area (Å²) in [6.45, 7) is 6.25. The molecular weight excluding hydrogens is 192 g/mol. The summed E-state index contributed by atoms with van der Waals surface area (Å²) in [5.74, 6) is 2.61. The molecule has 0 aromatic carbocycles. The van der Waals surface area contributed by atoms with E-state index >= 15 is 0 Å². The summed E-state index contributed by atoms with van der Waals surface area (Å²) < 4.78 is 5.05. The molecule has 84 valence electrons. The molecule has 0 spiro atoms. The molecule has 4 heteroatoms. The number of ether oxygens (including phenoxy) is 1. The van der Waals surface area contributed by atoms with Crippen LogP contribution in [-0.4, -0.2) is 55.2 Å². The number of hydrogen-bond donors (Lipinski definition) is 0. The number of carbonyl (C=O) groups is 1. The molecule has 0 radical (unpaired) electrons. The van der Waals surface area contributed by atoms with Crippen LogP contribution in [0.25, 0.3) is 0 Å². The van der Waals surface area contributed by atoms with Gasteiger partial charge < -0.3 is 9.64 Å². The largest absolute Gasteiger partial charge is 0.449 e. The summed E-state index contributed by atoms with van der Waals surface area (Å²) in [5.41, 5.74) is 0. The summed E-state index contributed by atoms with van der Waals surface area (Å²) in [4.78, 5) is 15.4. The van der Waals surface area contributed by atoms with Crippen LogP contribution < -0.4 is 0 Å². The SMILES string of the molecule is C#CCN1CCN(C(=O)OCCC)CC1. The van der Waals surface area contributed by atoms with Crippen LogP contribution in [-0.2, 0) is 4.74 Å². The van der Waals surface area contributed by atoms with Gasteiger partial charge in [0.1, 0.15) is 0 Å². The Hall–Kier alpha value is -1.21. The number of rotatable bonds is 3. The molecule has 0 saturated carbocycles. The first-order chi connectivity index (χ1) is 7.27. The van der Waals surface area contributed by atoms with Crippen LogP contribution in [0.5, 0.6) is 0 Å². The Morgan fingerprint density at radius 3 is 2.60 bits per heavy atom. The monoisotopic (exact) mass is 210 g/mol. The summed E-state index contributed by atoms with van der Waals surface area (Å²) in [6, 6.07) is 0. The van der Waals surface area contributed by atoms with Crippen molar-refractivity contribution in [2.75, 3.05) is 39.3 Å². The third-order valence-electron chi connectivity index (χ3n) is 2.38. The summed E-state index contributed by atoms with van der Waals surface area (Å²) >= 11 is 0. The van der Waals surface area contributed by atoms with Crippen molar-refractivity contribution < 1.29 is 9.53 Å². The van der Waals surface area contributed by atoms with E-state index in [0.29, 0.717) is 26.2 Å². The van der Waals surface area contributed by atoms with Crippen LogP contribution >= 0.6 is 0 Å². The fourth-order valence-electron chi connectivity index (χ4n) is 1.50. The molecule has 0 aliphatic carbocycles. The van der Waals surface area contributed by atoms with Gasteiger partial charge in [-0.05, 0) is 6.42 Å². The van der Waals surface area contributed by atoms with E-state index in [2.05, 4.69) is 10.8 Å². The molecule has 4 nitrogen and oxygen atoms in total. The minimum absolute atomic E-state index is 0.197. The molecule has 1 amide bonds. The van der Waals surface area contributed by atoms with Gasteiger partial charge >= 0.3 is 6.09 Å². The van der Waals surface area contributed by atoms with Crippen LogP contribution in [0.2, 0.25) is 0 Å². The lowest BCUT2D eigenvalue weighted by Crippen LogP contribution is -2.48. The molecule has 1 fully saturated rings.